The summed E-state index contributed by atoms with van der Waals surface area (Å²) < 4.78 is 0. The number of nitriles is 1. The lowest BCUT2D eigenvalue weighted by Crippen LogP contribution is -2.11. The van der Waals surface area contributed by atoms with Gasteiger partial charge in [-0.3, -0.25) is 4.79 Å². The first-order valence-corrected chi connectivity index (χ1v) is 7.75. The molecule has 0 bridgehead atoms. The minimum absolute atomic E-state index is 0.114. The monoisotopic (exact) mass is 269 g/mol. The molecule has 102 valence electrons. The maximum atomic E-state index is 10.7. The van der Waals surface area contributed by atoms with Crippen molar-refractivity contribution >= 4 is 17.7 Å². The first kappa shape index (κ1) is 15.4. The molecule has 0 aliphatic heterocycles. The summed E-state index contributed by atoms with van der Waals surface area (Å²) in [7, 11) is 0. The molecule has 4 heteroatoms. The van der Waals surface area contributed by atoms with Crippen LogP contribution < -0.4 is 0 Å². The number of hydrogen-bond donors (Lipinski definition) is 1. The zero-order valence-electron chi connectivity index (χ0n) is 11.4. The lowest BCUT2D eigenvalue weighted by atomic mass is 9.89. The molecule has 3 nitrogen and oxygen atoms in total. The fraction of sp³-hybridized carbons (Fsp3) is 0.857. The summed E-state index contributed by atoms with van der Waals surface area (Å²) >= 11 is 1.88. The van der Waals surface area contributed by atoms with E-state index in [-0.39, 0.29) is 10.8 Å². The summed E-state index contributed by atoms with van der Waals surface area (Å²) in [5, 5.41) is 17.7. The molecule has 0 aromatic carbocycles. The summed E-state index contributed by atoms with van der Waals surface area (Å²) in [6.45, 7) is 3.96. The van der Waals surface area contributed by atoms with Gasteiger partial charge in [0.05, 0.1) is 17.9 Å². The molecule has 1 saturated carbocycles. The summed E-state index contributed by atoms with van der Waals surface area (Å²) in [5.74, 6) is 1.41. The summed E-state index contributed by atoms with van der Waals surface area (Å²) in [4.78, 5) is 10.7. The molecule has 0 radical (unpaired) electrons. The summed E-state index contributed by atoms with van der Waals surface area (Å²) in [6.07, 6.45) is 5.64. The quantitative estimate of drug-likeness (QED) is 0.648. The Morgan fingerprint density at radius 3 is 2.61 bits per heavy atom. The second kappa shape index (κ2) is 6.47. The molecule has 1 fully saturated rings. The van der Waals surface area contributed by atoms with E-state index in [0.717, 1.165) is 43.6 Å². The van der Waals surface area contributed by atoms with Crippen molar-refractivity contribution in [2.24, 2.45) is 10.8 Å². The van der Waals surface area contributed by atoms with Crippen LogP contribution in [0.3, 0.4) is 0 Å². The van der Waals surface area contributed by atoms with Crippen molar-refractivity contribution in [1.29, 1.82) is 5.26 Å². The largest absolute Gasteiger partial charge is 0.481 e. The van der Waals surface area contributed by atoms with Crippen LogP contribution in [0, 0.1) is 22.2 Å². The first-order valence-electron chi connectivity index (χ1n) is 6.60. The molecule has 1 rings (SSSR count). The van der Waals surface area contributed by atoms with Gasteiger partial charge >= 0.3 is 5.97 Å². The molecule has 1 N–H and O–H groups in total. The second-order valence-corrected chi connectivity index (χ2v) is 7.18. The molecule has 0 heterocycles. The van der Waals surface area contributed by atoms with Crippen LogP contribution in [0.1, 0.15) is 52.4 Å². The lowest BCUT2D eigenvalue weighted by molar-refractivity contribution is -0.138. The van der Waals surface area contributed by atoms with Crippen LogP contribution in [0.25, 0.3) is 0 Å². The Hall–Kier alpha value is -0.690. The van der Waals surface area contributed by atoms with E-state index < -0.39 is 5.97 Å². The van der Waals surface area contributed by atoms with Gasteiger partial charge < -0.3 is 5.11 Å². The Kier molecular flexibility index (Phi) is 5.52. The number of aliphatic carboxylic acids is 1. The minimum atomic E-state index is -0.663. The van der Waals surface area contributed by atoms with E-state index in [1.165, 1.54) is 0 Å². The maximum Gasteiger partial charge on any atom is 0.303 e. The lowest BCUT2D eigenvalue weighted by Gasteiger charge is -2.15. The number of carboxylic acid groups (broad SMARTS) is 1. The average molecular weight is 269 g/mol. The van der Waals surface area contributed by atoms with Gasteiger partial charge in [0.15, 0.2) is 0 Å². The highest BCUT2D eigenvalue weighted by molar-refractivity contribution is 7.99. The minimum Gasteiger partial charge on any atom is -0.481 e. The zero-order valence-corrected chi connectivity index (χ0v) is 12.2. The number of unbranched alkanes of at least 4 members (excludes halogenated alkanes) is 1. The van der Waals surface area contributed by atoms with E-state index in [1.807, 2.05) is 25.6 Å². The normalized spacial score (nSPS) is 17.2. The Morgan fingerprint density at radius 1 is 1.44 bits per heavy atom. The van der Waals surface area contributed by atoms with Crippen LogP contribution in [0.2, 0.25) is 0 Å². The van der Waals surface area contributed by atoms with Crippen LogP contribution in [0.15, 0.2) is 0 Å². The number of hydrogen-bond acceptors (Lipinski definition) is 3. The third-order valence-electron chi connectivity index (χ3n) is 3.53. The summed E-state index contributed by atoms with van der Waals surface area (Å²) in [6, 6.07) is 2.32. The molecule has 0 aromatic rings. The van der Waals surface area contributed by atoms with Gasteiger partial charge in [0.25, 0.3) is 0 Å². The van der Waals surface area contributed by atoms with Crippen molar-refractivity contribution in [3.63, 3.8) is 0 Å². The Labute approximate surface area is 114 Å². The van der Waals surface area contributed by atoms with Crippen molar-refractivity contribution in [2.45, 2.75) is 52.4 Å². The fourth-order valence-electron chi connectivity index (χ4n) is 1.99. The molecule has 1 aliphatic rings. The molecule has 0 amide bonds. The first-order chi connectivity index (χ1) is 8.39. The van der Waals surface area contributed by atoms with Gasteiger partial charge in [0.1, 0.15) is 0 Å². The van der Waals surface area contributed by atoms with Gasteiger partial charge in [-0.05, 0) is 56.5 Å². The molecular weight excluding hydrogens is 246 g/mol. The van der Waals surface area contributed by atoms with Crippen LogP contribution in [0.5, 0.6) is 0 Å². The van der Waals surface area contributed by atoms with Crippen LogP contribution >= 0.6 is 11.8 Å². The number of carboxylic acids is 1. The molecule has 1 aliphatic carbocycles. The average Bonchev–Trinajstić information content (AvgIpc) is 3.02. The number of nitrogens with zero attached hydrogens (tertiary/aromatic N) is 1. The highest BCUT2D eigenvalue weighted by Crippen LogP contribution is 2.51. The number of carbonyl (C=O) groups is 1. The van der Waals surface area contributed by atoms with Crippen molar-refractivity contribution in [3.05, 3.63) is 0 Å². The van der Waals surface area contributed by atoms with Gasteiger partial charge in [-0.25, -0.2) is 0 Å². The molecule has 0 unspecified atom stereocenters. The van der Waals surface area contributed by atoms with Crippen LogP contribution in [-0.4, -0.2) is 22.6 Å². The molecule has 0 spiro atoms. The Balaban J connectivity index is 2.03. The Bertz CT molecular complexity index is 329. The predicted octanol–water partition coefficient (Wildman–Crippen LogP) is 3.69. The molecular formula is C14H23NO2S. The van der Waals surface area contributed by atoms with Gasteiger partial charge in [0, 0.05) is 0 Å². The van der Waals surface area contributed by atoms with E-state index in [4.69, 9.17) is 10.4 Å². The van der Waals surface area contributed by atoms with Crippen molar-refractivity contribution in [3.8, 4) is 6.07 Å². The molecule has 0 aromatic heterocycles. The van der Waals surface area contributed by atoms with Crippen molar-refractivity contribution in [1.82, 2.24) is 0 Å². The van der Waals surface area contributed by atoms with Gasteiger partial charge in [-0.15, -0.1) is 0 Å². The van der Waals surface area contributed by atoms with Crippen molar-refractivity contribution in [2.75, 3.05) is 11.5 Å². The standard InChI is InChI=1S/C14H23NO2S/c1-13(2,10-15)5-3-4-8-18-11-14(6-7-14)9-12(16)17/h3-9,11H2,1-2H3,(H,16,17). The molecule has 0 atom stereocenters. The highest BCUT2D eigenvalue weighted by Gasteiger charge is 2.43. The van der Waals surface area contributed by atoms with Gasteiger partial charge in [-0.2, -0.15) is 17.0 Å². The molecule has 0 saturated heterocycles. The highest BCUT2D eigenvalue weighted by atomic mass is 32.2. The molecule has 18 heavy (non-hydrogen) atoms. The third kappa shape index (κ3) is 5.77. The van der Waals surface area contributed by atoms with E-state index in [9.17, 15) is 4.79 Å². The number of rotatable bonds is 9. The third-order valence-corrected chi connectivity index (χ3v) is 4.93. The topological polar surface area (TPSA) is 61.1 Å². The van der Waals surface area contributed by atoms with E-state index >= 15 is 0 Å². The SMILES string of the molecule is CC(C)(C#N)CCCCSCC1(CC(=O)O)CC1. The fourth-order valence-corrected chi connectivity index (χ4v) is 3.36. The number of thioether (sulfide) groups is 1. The van der Waals surface area contributed by atoms with E-state index in [2.05, 4.69) is 6.07 Å². The zero-order chi connectivity index (χ0) is 13.6. The smallest absolute Gasteiger partial charge is 0.303 e. The van der Waals surface area contributed by atoms with Crippen LogP contribution in [-0.2, 0) is 4.79 Å². The van der Waals surface area contributed by atoms with Crippen LogP contribution in [0.4, 0.5) is 0 Å². The second-order valence-electron chi connectivity index (χ2n) is 6.08. The van der Waals surface area contributed by atoms with Gasteiger partial charge in [-0.1, -0.05) is 6.42 Å². The summed E-state index contributed by atoms with van der Waals surface area (Å²) in [5.41, 5.74) is -0.0892. The predicted molar refractivity (Wildman–Crippen MR) is 74.5 cm³/mol. The van der Waals surface area contributed by atoms with Crippen molar-refractivity contribution < 1.29 is 9.90 Å². The van der Waals surface area contributed by atoms with E-state index in [0.29, 0.717) is 6.42 Å². The van der Waals surface area contributed by atoms with Gasteiger partial charge in [0.2, 0.25) is 0 Å². The Morgan fingerprint density at radius 2 is 2.11 bits per heavy atom. The van der Waals surface area contributed by atoms with E-state index in [1.54, 1.807) is 0 Å². The maximum absolute atomic E-state index is 10.7.